The molecule has 9 aromatic carbocycles. The Kier molecular flexibility index (Phi) is 8.07. The molecule has 8 nitrogen and oxygen atoms in total. The Morgan fingerprint density at radius 2 is 1.01 bits per heavy atom. The first kappa shape index (κ1) is 39.1. The lowest BCUT2D eigenvalue weighted by atomic mass is 9.98. The molecule has 0 amide bonds. The van der Waals surface area contributed by atoms with Crippen molar-refractivity contribution in [1.29, 1.82) is 0 Å². The number of hydrogen-bond acceptors (Lipinski definition) is 5. The lowest BCUT2D eigenvalue weighted by molar-refractivity contribution is 0.483. The van der Waals surface area contributed by atoms with Crippen LogP contribution in [-0.2, 0) is 6.67 Å². The summed E-state index contributed by atoms with van der Waals surface area (Å²) >= 11 is 0. The maximum atomic E-state index is 6.97. The second-order valence-electron chi connectivity index (χ2n) is 18.8. The van der Waals surface area contributed by atoms with Crippen LogP contribution in [0.4, 0.5) is 11.4 Å². The number of pyridine rings is 1. The summed E-state index contributed by atoms with van der Waals surface area (Å²) in [6.07, 6.45) is 3.81. The number of ether oxygens (including phenoxy) is 1. The van der Waals surface area contributed by atoms with E-state index in [1.807, 2.05) is 24.5 Å². The zero-order valence-electron chi connectivity index (χ0n) is 38.6. The number of aromatic nitrogens is 6. The fraction of sp³-hybridized carbons (Fsp3) is 0.0156. The van der Waals surface area contributed by atoms with Crippen LogP contribution in [0.15, 0.2) is 225 Å². The summed E-state index contributed by atoms with van der Waals surface area (Å²) in [7, 11) is 0. The summed E-state index contributed by atoms with van der Waals surface area (Å²) in [6.45, 7) is 0.521. The van der Waals surface area contributed by atoms with Crippen molar-refractivity contribution >= 4 is 120 Å². The minimum Gasteiger partial charge on any atom is -0.457 e. The summed E-state index contributed by atoms with van der Waals surface area (Å²) < 4.78 is 14.2. The molecule has 0 radical (unpaired) electrons. The van der Waals surface area contributed by atoms with Crippen molar-refractivity contribution in [2.24, 2.45) is 0 Å². The first-order valence-corrected chi connectivity index (χ1v) is 24.4. The van der Waals surface area contributed by atoms with E-state index < -0.39 is 0 Å². The molecule has 1 aliphatic heterocycles. The largest absolute Gasteiger partial charge is 0.457 e. The Morgan fingerprint density at radius 1 is 0.403 bits per heavy atom. The highest BCUT2D eigenvalue weighted by atomic mass is 16.5. The number of anilines is 2. The van der Waals surface area contributed by atoms with E-state index in [0.717, 1.165) is 121 Å². The zero-order valence-corrected chi connectivity index (χ0v) is 38.6. The van der Waals surface area contributed by atoms with Gasteiger partial charge in [-0.2, -0.15) is 5.10 Å². The van der Waals surface area contributed by atoms with Crippen LogP contribution < -0.4 is 9.64 Å². The van der Waals surface area contributed by atoms with Crippen LogP contribution in [0.1, 0.15) is 0 Å². The van der Waals surface area contributed by atoms with Crippen molar-refractivity contribution in [2.75, 3.05) is 4.90 Å². The molecular weight excluding hydrogens is 883 g/mol. The molecule has 7 heterocycles. The third kappa shape index (κ3) is 5.43. The fourth-order valence-electron chi connectivity index (χ4n) is 12.1. The number of para-hydroxylation sites is 4. The molecule has 336 valence electrons. The Morgan fingerprint density at radius 3 is 1.86 bits per heavy atom. The van der Waals surface area contributed by atoms with Crippen LogP contribution in [-0.4, -0.2) is 28.5 Å². The number of rotatable bonds is 4. The molecule has 0 saturated heterocycles. The highest BCUT2D eigenvalue weighted by Gasteiger charge is 2.27. The molecule has 0 atom stereocenters. The maximum Gasteiger partial charge on any atom is 0.145 e. The normalized spacial score (nSPS) is 12.6. The van der Waals surface area contributed by atoms with E-state index in [2.05, 4.69) is 218 Å². The smallest absolute Gasteiger partial charge is 0.145 e. The molecule has 16 rings (SSSR count). The third-order valence-electron chi connectivity index (χ3n) is 15.1. The lowest BCUT2D eigenvalue weighted by Crippen LogP contribution is -2.15. The summed E-state index contributed by atoms with van der Waals surface area (Å²) in [5, 5.41) is 22.3. The van der Waals surface area contributed by atoms with Gasteiger partial charge in [-0.05, 0) is 70.3 Å². The first-order chi connectivity index (χ1) is 35.7. The van der Waals surface area contributed by atoms with Gasteiger partial charge in [-0.25, -0.2) is 4.98 Å². The minimum atomic E-state index is 0.521. The Labute approximate surface area is 410 Å². The van der Waals surface area contributed by atoms with Crippen molar-refractivity contribution in [3.05, 3.63) is 225 Å². The zero-order chi connectivity index (χ0) is 47.0. The Bertz CT molecular complexity index is 4900. The predicted molar refractivity (Wildman–Crippen MR) is 295 cm³/mol. The second-order valence-corrected chi connectivity index (χ2v) is 18.8. The van der Waals surface area contributed by atoms with Gasteiger partial charge in [0.1, 0.15) is 29.3 Å². The molecule has 0 saturated carbocycles. The number of nitrogens with zero attached hydrogens (tertiary/aromatic N) is 7. The van der Waals surface area contributed by atoms with Crippen LogP contribution in [0.25, 0.3) is 120 Å². The SMILES string of the molecule is c1ccc(-c2cccc3c4ccccc4c4ccccc4c4nncc5c4n(c23)CN5c2cccc(Oc3ccc4c5cccc6c5n(c4c3)c3ncccc3c3cccc4c5ccccc5n6c43)c2)cc1. The summed E-state index contributed by atoms with van der Waals surface area (Å²) in [4.78, 5) is 7.50. The molecule has 0 spiro atoms. The Hall–Kier alpha value is -9.79. The van der Waals surface area contributed by atoms with E-state index in [9.17, 15) is 0 Å². The summed E-state index contributed by atoms with van der Waals surface area (Å²) in [6, 6.07) is 75.9. The van der Waals surface area contributed by atoms with Crippen LogP contribution in [0.5, 0.6) is 11.5 Å². The van der Waals surface area contributed by atoms with E-state index in [1.54, 1.807) is 0 Å². The predicted octanol–water partition coefficient (Wildman–Crippen LogP) is 16.3. The molecule has 0 unspecified atom stereocenters. The van der Waals surface area contributed by atoms with Gasteiger partial charge in [0.15, 0.2) is 0 Å². The molecule has 1 aliphatic rings. The van der Waals surface area contributed by atoms with Crippen molar-refractivity contribution < 1.29 is 4.74 Å². The molecule has 0 aliphatic carbocycles. The van der Waals surface area contributed by atoms with Gasteiger partial charge in [0.05, 0.1) is 50.5 Å². The number of benzene rings is 9. The van der Waals surface area contributed by atoms with E-state index in [4.69, 9.17) is 19.9 Å². The van der Waals surface area contributed by atoms with Crippen LogP contribution in [0.2, 0.25) is 0 Å². The summed E-state index contributed by atoms with van der Waals surface area (Å²) in [5.74, 6) is 1.45. The van der Waals surface area contributed by atoms with Crippen molar-refractivity contribution in [3.8, 4) is 22.6 Å². The van der Waals surface area contributed by atoms with Crippen LogP contribution in [0, 0.1) is 0 Å². The lowest BCUT2D eigenvalue weighted by Gasteiger charge is -2.20. The number of fused-ring (bicyclic) bond motifs is 17. The summed E-state index contributed by atoms with van der Waals surface area (Å²) in [5.41, 5.74) is 13.7. The second kappa shape index (κ2) is 14.9. The molecule has 0 bridgehead atoms. The molecule has 8 heteroatoms. The number of hydrogen-bond donors (Lipinski definition) is 0. The minimum absolute atomic E-state index is 0.521. The quantitative estimate of drug-likeness (QED) is 0.176. The molecule has 0 N–H and O–H groups in total. The van der Waals surface area contributed by atoms with Crippen LogP contribution in [0.3, 0.4) is 0 Å². The van der Waals surface area contributed by atoms with Crippen LogP contribution >= 0.6 is 0 Å². The standard InChI is InChI=1S/C64H39N7O/c1-2-15-39(16-3-1)43-24-11-25-50-46-21-5-4-19-44(46)45-20-6-7-23-49(45)59-63-58(37-66-67-59)68(38-69(63)60(43)50)40-17-10-18-41(35-40)72-42-32-33-48-52-28-13-31-56-62(52)71(57(48)36-42)64-54(29-14-34-65-64)53-27-12-26-51-47-22-8-9-30-55(47)70(56)61(51)53/h1-37H,38H2. The van der Waals surface area contributed by atoms with Crippen molar-refractivity contribution in [3.63, 3.8) is 0 Å². The molecule has 6 aromatic heterocycles. The van der Waals surface area contributed by atoms with E-state index in [-0.39, 0.29) is 0 Å². The van der Waals surface area contributed by atoms with Crippen molar-refractivity contribution in [1.82, 2.24) is 28.5 Å². The molecule has 0 fully saturated rings. The monoisotopic (exact) mass is 921 g/mol. The topological polar surface area (TPSA) is 64.9 Å². The maximum absolute atomic E-state index is 6.97. The van der Waals surface area contributed by atoms with Gasteiger partial charge in [0, 0.05) is 72.7 Å². The highest BCUT2D eigenvalue weighted by molar-refractivity contribution is 6.24. The van der Waals surface area contributed by atoms with Gasteiger partial charge in [0.25, 0.3) is 0 Å². The van der Waals surface area contributed by atoms with Gasteiger partial charge in [0.2, 0.25) is 0 Å². The van der Waals surface area contributed by atoms with Crippen molar-refractivity contribution in [2.45, 2.75) is 6.67 Å². The van der Waals surface area contributed by atoms with Gasteiger partial charge in [-0.3, -0.25) is 4.40 Å². The average molecular weight is 922 g/mol. The van der Waals surface area contributed by atoms with Gasteiger partial charge in [-0.15, -0.1) is 5.10 Å². The molecular formula is C64H39N7O. The van der Waals surface area contributed by atoms with Gasteiger partial charge in [-0.1, -0.05) is 152 Å². The first-order valence-electron chi connectivity index (χ1n) is 24.4. The third-order valence-corrected chi connectivity index (χ3v) is 15.1. The van der Waals surface area contributed by atoms with E-state index >= 15 is 0 Å². The fourth-order valence-corrected chi connectivity index (χ4v) is 12.1. The molecule has 15 aromatic rings. The average Bonchev–Trinajstić information content (AvgIpc) is 4.11. The van der Waals surface area contributed by atoms with E-state index in [1.165, 1.54) is 21.8 Å². The highest BCUT2D eigenvalue weighted by Crippen LogP contribution is 2.45. The van der Waals surface area contributed by atoms with E-state index in [0.29, 0.717) is 6.67 Å². The molecule has 72 heavy (non-hydrogen) atoms. The Balaban J connectivity index is 0.899. The van der Waals surface area contributed by atoms with Gasteiger partial charge >= 0.3 is 0 Å². The van der Waals surface area contributed by atoms with Gasteiger partial charge < -0.3 is 18.6 Å².